The van der Waals surface area contributed by atoms with E-state index in [1.54, 1.807) is 0 Å². The van der Waals surface area contributed by atoms with E-state index in [9.17, 15) is 22.4 Å². The molecular weight excluding hydrogens is 302 g/mol. The number of hydrogen-bond acceptors (Lipinski definition) is 3. The van der Waals surface area contributed by atoms with E-state index in [-0.39, 0.29) is 24.5 Å². The highest BCUT2D eigenvalue weighted by atomic mass is 19.4. The zero-order valence-corrected chi connectivity index (χ0v) is 11.9. The van der Waals surface area contributed by atoms with Gasteiger partial charge < -0.3 is 10.1 Å². The molecule has 0 saturated carbocycles. The predicted molar refractivity (Wildman–Crippen MR) is 71.4 cm³/mol. The van der Waals surface area contributed by atoms with Crippen LogP contribution in [0.3, 0.4) is 0 Å². The van der Waals surface area contributed by atoms with Gasteiger partial charge in [-0.15, -0.1) is 0 Å². The van der Waals surface area contributed by atoms with E-state index in [0.717, 1.165) is 38.1 Å². The summed E-state index contributed by atoms with van der Waals surface area (Å²) in [6.07, 6.45) is -2.66. The Balaban J connectivity index is 1.86. The first-order chi connectivity index (χ1) is 10.4. The van der Waals surface area contributed by atoms with Crippen LogP contribution in [0.5, 0.6) is 0 Å². The van der Waals surface area contributed by atoms with Crippen molar-refractivity contribution in [3.8, 4) is 0 Å². The third-order valence-corrected chi connectivity index (χ3v) is 3.65. The van der Waals surface area contributed by atoms with Crippen LogP contribution >= 0.6 is 0 Å². The van der Waals surface area contributed by atoms with E-state index in [4.69, 9.17) is 4.74 Å². The maximum Gasteiger partial charge on any atom is 0.419 e. The van der Waals surface area contributed by atoms with Crippen LogP contribution in [-0.4, -0.2) is 19.1 Å². The van der Waals surface area contributed by atoms with Crippen LogP contribution in [-0.2, 0) is 22.3 Å². The van der Waals surface area contributed by atoms with Crippen molar-refractivity contribution in [3.05, 3.63) is 35.1 Å². The summed E-state index contributed by atoms with van der Waals surface area (Å²) in [5.41, 5.74) is -1.12. The molecule has 0 amide bonds. The molecule has 0 spiro atoms. The van der Waals surface area contributed by atoms with Gasteiger partial charge in [-0.2, -0.15) is 13.2 Å². The van der Waals surface area contributed by atoms with Gasteiger partial charge in [0.05, 0.1) is 5.56 Å². The Morgan fingerprint density at radius 1 is 1.27 bits per heavy atom. The molecule has 1 saturated heterocycles. The molecule has 1 aliphatic rings. The van der Waals surface area contributed by atoms with Gasteiger partial charge in [-0.25, -0.2) is 4.39 Å². The zero-order chi connectivity index (χ0) is 16.2. The van der Waals surface area contributed by atoms with E-state index in [1.165, 1.54) is 0 Å². The number of halogens is 4. The average molecular weight is 319 g/mol. The molecule has 22 heavy (non-hydrogen) atoms. The van der Waals surface area contributed by atoms with E-state index in [2.05, 4.69) is 5.32 Å². The third-order valence-electron chi connectivity index (χ3n) is 3.65. The van der Waals surface area contributed by atoms with Crippen molar-refractivity contribution >= 4 is 5.97 Å². The number of piperidine rings is 1. The topological polar surface area (TPSA) is 38.3 Å². The summed E-state index contributed by atoms with van der Waals surface area (Å²) in [6, 6.07) is 2.52. The van der Waals surface area contributed by atoms with Gasteiger partial charge in [0.2, 0.25) is 0 Å². The minimum absolute atomic E-state index is 0.198. The van der Waals surface area contributed by atoms with E-state index in [0.29, 0.717) is 6.07 Å². The SMILES string of the molecule is O=C(CC1CCNCC1)OCc1ccc(C(F)(F)F)c(F)c1. The fourth-order valence-electron chi connectivity index (χ4n) is 2.42. The lowest BCUT2D eigenvalue weighted by Crippen LogP contribution is -2.29. The first-order valence-corrected chi connectivity index (χ1v) is 7.08. The van der Waals surface area contributed by atoms with Crippen molar-refractivity contribution in [2.45, 2.75) is 32.0 Å². The third kappa shape index (κ3) is 4.69. The summed E-state index contributed by atoms with van der Waals surface area (Å²) in [5, 5.41) is 3.18. The molecule has 0 bridgehead atoms. The van der Waals surface area contributed by atoms with Crippen LogP contribution in [0, 0.1) is 11.7 Å². The predicted octanol–water partition coefficient (Wildman–Crippen LogP) is 3.28. The molecule has 1 N–H and O–H groups in total. The highest BCUT2D eigenvalue weighted by molar-refractivity contribution is 5.69. The molecule has 0 atom stereocenters. The van der Waals surface area contributed by atoms with Gasteiger partial charge in [-0.3, -0.25) is 4.79 Å². The molecule has 1 aliphatic heterocycles. The molecule has 0 unspecified atom stereocenters. The maximum absolute atomic E-state index is 13.4. The minimum Gasteiger partial charge on any atom is -0.461 e. The summed E-state index contributed by atoms with van der Waals surface area (Å²) in [5.74, 6) is -1.51. The smallest absolute Gasteiger partial charge is 0.419 e. The lowest BCUT2D eigenvalue weighted by Gasteiger charge is -2.21. The summed E-state index contributed by atoms with van der Waals surface area (Å²) in [6.45, 7) is 1.50. The number of benzene rings is 1. The summed E-state index contributed by atoms with van der Waals surface area (Å²) in [7, 11) is 0. The van der Waals surface area contributed by atoms with Crippen molar-refractivity contribution < 1.29 is 27.1 Å². The molecule has 0 aliphatic carbocycles. The monoisotopic (exact) mass is 319 g/mol. The van der Waals surface area contributed by atoms with E-state index in [1.807, 2.05) is 0 Å². The van der Waals surface area contributed by atoms with Crippen molar-refractivity contribution in [2.24, 2.45) is 5.92 Å². The van der Waals surface area contributed by atoms with Gasteiger partial charge in [-0.05, 0) is 49.5 Å². The first kappa shape index (κ1) is 16.7. The Labute approximate surface area is 125 Å². The normalized spacial score (nSPS) is 16.5. The van der Waals surface area contributed by atoms with E-state index >= 15 is 0 Å². The molecule has 1 fully saturated rings. The second kappa shape index (κ2) is 7.09. The fraction of sp³-hybridized carbons (Fsp3) is 0.533. The van der Waals surface area contributed by atoms with Gasteiger partial charge in [0.15, 0.2) is 0 Å². The van der Waals surface area contributed by atoms with Gasteiger partial charge in [-0.1, -0.05) is 6.07 Å². The van der Waals surface area contributed by atoms with Crippen LogP contribution in [0.15, 0.2) is 18.2 Å². The van der Waals surface area contributed by atoms with Gasteiger partial charge in [0.25, 0.3) is 0 Å². The Bertz CT molecular complexity index is 525. The van der Waals surface area contributed by atoms with Crippen LogP contribution in [0.1, 0.15) is 30.4 Å². The lowest BCUT2D eigenvalue weighted by molar-refractivity contribution is -0.146. The minimum atomic E-state index is -4.73. The fourth-order valence-corrected chi connectivity index (χ4v) is 2.42. The second-order valence-corrected chi connectivity index (χ2v) is 5.37. The van der Waals surface area contributed by atoms with Crippen LogP contribution in [0.2, 0.25) is 0 Å². The first-order valence-electron chi connectivity index (χ1n) is 7.08. The Morgan fingerprint density at radius 3 is 2.55 bits per heavy atom. The van der Waals surface area contributed by atoms with E-state index < -0.39 is 23.5 Å². The Kier molecular flexibility index (Phi) is 5.39. The van der Waals surface area contributed by atoms with Crippen molar-refractivity contribution in [3.63, 3.8) is 0 Å². The summed E-state index contributed by atoms with van der Waals surface area (Å²) >= 11 is 0. The van der Waals surface area contributed by atoms with Gasteiger partial charge in [0, 0.05) is 6.42 Å². The average Bonchev–Trinajstić information content (AvgIpc) is 2.45. The molecule has 1 aromatic carbocycles. The summed E-state index contributed by atoms with van der Waals surface area (Å²) in [4.78, 5) is 11.7. The van der Waals surface area contributed by atoms with Crippen molar-refractivity contribution in [1.82, 2.24) is 5.32 Å². The molecular formula is C15H17F4NO2. The van der Waals surface area contributed by atoms with Crippen molar-refractivity contribution in [1.29, 1.82) is 0 Å². The quantitative estimate of drug-likeness (QED) is 0.684. The van der Waals surface area contributed by atoms with Crippen LogP contribution < -0.4 is 5.32 Å². The second-order valence-electron chi connectivity index (χ2n) is 5.37. The van der Waals surface area contributed by atoms with Gasteiger partial charge in [0.1, 0.15) is 12.4 Å². The molecule has 0 aromatic heterocycles. The van der Waals surface area contributed by atoms with Crippen molar-refractivity contribution in [2.75, 3.05) is 13.1 Å². The molecule has 0 radical (unpaired) electrons. The number of esters is 1. The number of nitrogens with one attached hydrogen (secondary N) is 1. The number of carbonyl (C=O) groups is 1. The number of alkyl halides is 3. The largest absolute Gasteiger partial charge is 0.461 e. The van der Waals surface area contributed by atoms with Crippen LogP contribution in [0.25, 0.3) is 0 Å². The van der Waals surface area contributed by atoms with Gasteiger partial charge >= 0.3 is 12.1 Å². The van der Waals surface area contributed by atoms with Crippen LogP contribution in [0.4, 0.5) is 17.6 Å². The highest BCUT2D eigenvalue weighted by Crippen LogP contribution is 2.31. The Morgan fingerprint density at radius 2 is 1.95 bits per heavy atom. The Hall–Kier alpha value is -1.63. The highest BCUT2D eigenvalue weighted by Gasteiger charge is 2.33. The maximum atomic E-state index is 13.4. The molecule has 1 heterocycles. The number of hydrogen-bond donors (Lipinski definition) is 1. The standard InChI is InChI=1S/C15H17F4NO2/c16-13-7-11(1-2-12(13)15(17,18)19)9-22-14(21)8-10-3-5-20-6-4-10/h1-2,7,10,20H,3-6,8-9H2. The zero-order valence-electron chi connectivity index (χ0n) is 11.9. The molecule has 7 heteroatoms. The number of carbonyl (C=O) groups excluding carboxylic acids is 1. The number of rotatable bonds is 4. The molecule has 1 aromatic rings. The summed E-state index contributed by atoms with van der Waals surface area (Å²) < 4.78 is 55.7. The molecule has 3 nitrogen and oxygen atoms in total. The lowest BCUT2D eigenvalue weighted by atomic mass is 9.95. The molecule has 2 rings (SSSR count). The molecule has 122 valence electrons. The number of ether oxygens (including phenoxy) is 1.